The van der Waals surface area contributed by atoms with Gasteiger partial charge in [-0.3, -0.25) is 4.90 Å². The molecule has 172 valence electrons. The van der Waals surface area contributed by atoms with Gasteiger partial charge in [0.2, 0.25) is 0 Å². The molecule has 3 aliphatic rings. The van der Waals surface area contributed by atoms with Crippen molar-refractivity contribution in [3.05, 3.63) is 70.4 Å². The molecule has 3 aromatic rings. The summed E-state index contributed by atoms with van der Waals surface area (Å²) in [4.78, 5) is 17.5. The zero-order chi connectivity index (χ0) is 22.5. The number of rotatable bonds is 7. The second-order valence-corrected chi connectivity index (χ2v) is 10.8. The molecule has 33 heavy (non-hydrogen) atoms. The first-order valence-corrected chi connectivity index (χ1v) is 12.7. The highest BCUT2D eigenvalue weighted by Gasteiger charge is 2.38. The van der Waals surface area contributed by atoms with Crippen molar-refractivity contribution in [2.24, 2.45) is 17.8 Å². The van der Waals surface area contributed by atoms with Crippen LogP contribution in [0.1, 0.15) is 77.2 Å². The summed E-state index contributed by atoms with van der Waals surface area (Å²) in [5.74, 6) is 1.73. The molecule has 1 aliphatic heterocycles. The molecule has 2 aromatic carbocycles. The fourth-order valence-corrected chi connectivity index (χ4v) is 6.17. The first kappa shape index (κ1) is 21.0. The number of hydrogen-bond acceptors (Lipinski definition) is 2. The maximum atomic E-state index is 11.4. The SMILES string of the molecule is Cc1cc(CC2CC2)c(CN2CC[C@H](C3CC3)C[C@H]2c2ccc(C(=O)O)cc2)c2cc[nH]c12. The van der Waals surface area contributed by atoms with Crippen LogP contribution in [0.5, 0.6) is 0 Å². The number of carbonyl (C=O) groups is 1. The highest BCUT2D eigenvalue weighted by atomic mass is 16.4. The van der Waals surface area contributed by atoms with Gasteiger partial charge in [0.25, 0.3) is 0 Å². The number of aromatic carboxylic acids is 1. The Labute approximate surface area is 196 Å². The Kier molecular flexibility index (Phi) is 5.29. The van der Waals surface area contributed by atoms with E-state index < -0.39 is 5.97 Å². The number of H-pyrrole nitrogens is 1. The van der Waals surface area contributed by atoms with Crippen LogP contribution < -0.4 is 0 Å². The van der Waals surface area contributed by atoms with E-state index >= 15 is 0 Å². The zero-order valence-corrected chi connectivity index (χ0v) is 19.5. The molecule has 2 heterocycles. The number of nitrogens with one attached hydrogen (secondary N) is 1. The van der Waals surface area contributed by atoms with Crippen molar-refractivity contribution in [1.82, 2.24) is 9.88 Å². The Balaban J connectivity index is 1.35. The van der Waals surface area contributed by atoms with Gasteiger partial charge >= 0.3 is 5.97 Å². The molecule has 4 nitrogen and oxygen atoms in total. The summed E-state index contributed by atoms with van der Waals surface area (Å²) in [6, 6.07) is 12.7. The van der Waals surface area contributed by atoms with Crippen LogP contribution in [-0.2, 0) is 13.0 Å². The molecular weight excluding hydrogens is 408 g/mol. The number of hydrogen-bond donors (Lipinski definition) is 2. The normalized spacial score (nSPS) is 23.8. The maximum absolute atomic E-state index is 11.4. The van der Waals surface area contributed by atoms with Crippen molar-refractivity contribution in [2.75, 3.05) is 6.54 Å². The van der Waals surface area contributed by atoms with Crippen LogP contribution in [-0.4, -0.2) is 27.5 Å². The van der Waals surface area contributed by atoms with E-state index in [2.05, 4.69) is 47.3 Å². The summed E-state index contributed by atoms with van der Waals surface area (Å²) in [5, 5.41) is 10.7. The molecule has 0 bridgehead atoms. The summed E-state index contributed by atoms with van der Waals surface area (Å²) in [7, 11) is 0. The average Bonchev–Trinajstić information content (AvgIpc) is 3.75. The average molecular weight is 443 g/mol. The van der Waals surface area contributed by atoms with E-state index in [-0.39, 0.29) is 0 Å². The highest BCUT2D eigenvalue weighted by molar-refractivity contribution is 5.88. The third-order valence-electron chi connectivity index (χ3n) is 8.40. The monoisotopic (exact) mass is 442 g/mol. The number of aryl methyl sites for hydroxylation is 1. The fourth-order valence-electron chi connectivity index (χ4n) is 6.17. The minimum atomic E-state index is -0.850. The largest absolute Gasteiger partial charge is 0.478 e. The molecule has 1 aromatic heterocycles. The van der Waals surface area contributed by atoms with E-state index in [0.29, 0.717) is 11.6 Å². The van der Waals surface area contributed by atoms with Crippen molar-refractivity contribution < 1.29 is 9.90 Å². The van der Waals surface area contributed by atoms with Gasteiger partial charge in [0.1, 0.15) is 0 Å². The van der Waals surface area contributed by atoms with Gasteiger partial charge in [-0.05, 0) is 117 Å². The summed E-state index contributed by atoms with van der Waals surface area (Å²) in [6.45, 7) is 4.32. The van der Waals surface area contributed by atoms with Crippen LogP contribution >= 0.6 is 0 Å². The molecule has 2 N–H and O–H groups in total. The van der Waals surface area contributed by atoms with E-state index in [9.17, 15) is 9.90 Å². The number of carboxylic acids is 1. The lowest BCUT2D eigenvalue weighted by molar-refractivity contribution is 0.0696. The smallest absolute Gasteiger partial charge is 0.335 e. The lowest BCUT2D eigenvalue weighted by Gasteiger charge is -2.40. The third-order valence-corrected chi connectivity index (χ3v) is 8.40. The van der Waals surface area contributed by atoms with E-state index in [1.54, 1.807) is 12.1 Å². The van der Waals surface area contributed by atoms with Crippen molar-refractivity contribution in [3.63, 3.8) is 0 Å². The first-order chi connectivity index (χ1) is 16.1. The van der Waals surface area contributed by atoms with Crippen molar-refractivity contribution in [1.29, 1.82) is 0 Å². The second kappa shape index (κ2) is 8.32. The van der Waals surface area contributed by atoms with E-state index in [1.807, 2.05) is 0 Å². The Hall–Kier alpha value is -2.59. The van der Waals surface area contributed by atoms with Gasteiger partial charge in [-0.2, -0.15) is 0 Å². The van der Waals surface area contributed by atoms with Gasteiger partial charge in [-0.15, -0.1) is 0 Å². The van der Waals surface area contributed by atoms with Gasteiger partial charge in [0.15, 0.2) is 0 Å². The molecule has 0 radical (unpaired) electrons. The zero-order valence-electron chi connectivity index (χ0n) is 19.5. The minimum absolute atomic E-state index is 0.358. The topological polar surface area (TPSA) is 56.3 Å². The Morgan fingerprint density at radius 3 is 2.55 bits per heavy atom. The summed E-state index contributed by atoms with van der Waals surface area (Å²) >= 11 is 0. The standard InChI is InChI=1S/C29H34N2O2/c1-18-14-24(15-19-2-3-19)26(25-10-12-30-28(18)25)17-31-13-11-23(20-4-5-20)16-27(31)21-6-8-22(9-7-21)29(32)33/h6-10,12,14,19-20,23,27,30H,2-5,11,13,15-17H2,1H3,(H,32,33)/t23-,27-/m0/s1. The molecule has 6 rings (SSSR count). The summed E-state index contributed by atoms with van der Waals surface area (Å²) in [6.07, 6.45) is 11.3. The van der Waals surface area contributed by atoms with Crippen molar-refractivity contribution in [3.8, 4) is 0 Å². The second-order valence-electron chi connectivity index (χ2n) is 10.8. The number of carboxylic acid groups (broad SMARTS) is 1. The number of piperidine rings is 1. The van der Waals surface area contributed by atoms with Crippen molar-refractivity contribution >= 4 is 16.9 Å². The molecule has 2 saturated carbocycles. The van der Waals surface area contributed by atoms with Crippen molar-refractivity contribution in [2.45, 2.75) is 64.5 Å². The van der Waals surface area contributed by atoms with Crippen LogP contribution in [0.2, 0.25) is 0 Å². The summed E-state index contributed by atoms with van der Waals surface area (Å²) in [5.41, 5.74) is 7.31. The van der Waals surface area contributed by atoms with Gasteiger partial charge < -0.3 is 10.1 Å². The van der Waals surface area contributed by atoms with E-state index in [0.717, 1.165) is 30.8 Å². The van der Waals surface area contributed by atoms with E-state index in [1.165, 1.54) is 78.1 Å². The number of benzene rings is 2. The van der Waals surface area contributed by atoms with Crippen LogP contribution in [0.15, 0.2) is 42.6 Å². The molecule has 2 aliphatic carbocycles. The lowest BCUT2D eigenvalue weighted by Crippen LogP contribution is -2.37. The van der Waals surface area contributed by atoms with Gasteiger partial charge in [-0.1, -0.05) is 18.2 Å². The lowest BCUT2D eigenvalue weighted by atomic mass is 9.83. The Morgan fingerprint density at radius 2 is 1.85 bits per heavy atom. The molecule has 2 atom stereocenters. The maximum Gasteiger partial charge on any atom is 0.335 e. The summed E-state index contributed by atoms with van der Waals surface area (Å²) < 4.78 is 0. The predicted octanol–water partition coefficient (Wildman–Crippen LogP) is 6.49. The van der Waals surface area contributed by atoms with Crippen LogP contribution in [0, 0.1) is 24.7 Å². The molecular formula is C29H34N2O2. The number of aromatic amines is 1. The number of likely N-dealkylation sites (tertiary alicyclic amines) is 1. The highest BCUT2D eigenvalue weighted by Crippen LogP contribution is 2.47. The Bertz CT molecular complexity index is 1170. The van der Waals surface area contributed by atoms with Gasteiger partial charge in [0.05, 0.1) is 5.56 Å². The van der Waals surface area contributed by atoms with Gasteiger partial charge in [-0.25, -0.2) is 4.79 Å². The third kappa shape index (κ3) is 4.21. The fraction of sp³-hybridized carbons (Fsp3) is 0.483. The first-order valence-electron chi connectivity index (χ1n) is 12.7. The molecule has 0 amide bonds. The van der Waals surface area contributed by atoms with E-state index in [4.69, 9.17) is 0 Å². The Morgan fingerprint density at radius 1 is 1.06 bits per heavy atom. The molecule has 4 heteroatoms. The van der Waals surface area contributed by atoms with Crippen LogP contribution in [0.3, 0.4) is 0 Å². The quantitative estimate of drug-likeness (QED) is 0.440. The molecule has 1 saturated heterocycles. The number of fused-ring (bicyclic) bond motifs is 1. The minimum Gasteiger partial charge on any atom is -0.478 e. The molecule has 0 spiro atoms. The molecule has 3 fully saturated rings. The predicted molar refractivity (Wildman–Crippen MR) is 131 cm³/mol. The number of aromatic nitrogens is 1. The molecule has 0 unspecified atom stereocenters. The van der Waals surface area contributed by atoms with Crippen LogP contribution in [0.4, 0.5) is 0 Å². The number of nitrogens with zero attached hydrogens (tertiary/aromatic N) is 1. The van der Waals surface area contributed by atoms with Crippen LogP contribution in [0.25, 0.3) is 10.9 Å². The van der Waals surface area contributed by atoms with Gasteiger partial charge in [0, 0.05) is 29.7 Å².